The van der Waals surface area contributed by atoms with Crippen LogP contribution < -0.4 is 5.32 Å². The van der Waals surface area contributed by atoms with E-state index >= 15 is 4.79 Å². The summed E-state index contributed by atoms with van der Waals surface area (Å²) in [4.78, 5) is 84.7. The summed E-state index contributed by atoms with van der Waals surface area (Å²) in [7, 11) is 0. The van der Waals surface area contributed by atoms with Crippen molar-refractivity contribution in [1.82, 2.24) is 5.32 Å². The minimum Gasteiger partial charge on any atom is -0.456 e. The van der Waals surface area contributed by atoms with E-state index in [4.69, 9.17) is 28.4 Å². The lowest BCUT2D eigenvalue weighted by Crippen LogP contribution is -2.82. The molecule has 15 nitrogen and oxygen atoms in total. The number of carbonyl (C=O) groups is 6. The number of hydrogen-bond acceptors (Lipinski definition) is 15. The summed E-state index contributed by atoms with van der Waals surface area (Å²) >= 11 is 1.34. The lowest BCUT2D eigenvalue weighted by molar-refractivity contribution is -0.347. The Hall–Kier alpha value is -5.39. The number of amides is 1. The molecule has 1 saturated heterocycles. The number of esters is 4. The highest BCUT2D eigenvalue weighted by atomic mass is 32.2. The van der Waals surface area contributed by atoms with Crippen LogP contribution in [-0.2, 0) is 47.6 Å². The molecule has 11 atom stereocenters. The number of benzene rings is 3. The van der Waals surface area contributed by atoms with E-state index in [2.05, 4.69) is 5.32 Å². The number of carbonyl (C=O) groups excluding carboxylic acids is 6. The molecule has 0 radical (unpaired) electrons. The second-order valence-corrected chi connectivity index (χ2v) is 18.7. The van der Waals surface area contributed by atoms with Crippen molar-refractivity contribution >= 4 is 47.3 Å². The number of nitrogens with one attached hydrogen (secondary N) is 1. The molecule has 65 heavy (non-hydrogen) atoms. The Bertz CT molecular complexity index is 2340. The average Bonchev–Trinajstić information content (AvgIpc) is 3.27. The van der Waals surface area contributed by atoms with Crippen LogP contribution in [0, 0.1) is 16.7 Å². The van der Waals surface area contributed by atoms with Crippen LogP contribution in [0.1, 0.15) is 86.7 Å². The lowest BCUT2D eigenvalue weighted by Gasteiger charge is -2.67. The zero-order chi connectivity index (χ0) is 47.1. The molecule has 2 saturated carbocycles. The van der Waals surface area contributed by atoms with E-state index in [9.17, 15) is 34.2 Å². The largest absolute Gasteiger partial charge is 0.456 e. The molecule has 2 unspecified atom stereocenters. The fraction of sp³-hybridized carbons (Fsp3) is 0.469. The van der Waals surface area contributed by atoms with Gasteiger partial charge < -0.3 is 44.0 Å². The first-order valence-electron chi connectivity index (χ1n) is 21.4. The van der Waals surface area contributed by atoms with Gasteiger partial charge in [0, 0.05) is 37.7 Å². The van der Waals surface area contributed by atoms with E-state index in [1.165, 1.54) is 30.8 Å². The summed E-state index contributed by atoms with van der Waals surface area (Å²) in [5.41, 5.74) is -6.48. The van der Waals surface area contributed by atoms with Gasteiger partial charge in [-0.15, -0.1) is 11.8 Å². The molecule has 1 amide bonds. The quantitative estimate of drug-likeness (QED) is 0.0884. The summed E-state index contributed by atoms with van der Waals surface area (Å²) in [5, 5.41) is 28.5. The SMILES string of the molecule is CSCO[C@H]1C[C@H]2OC[C@@]2(OC(C)=O)[C@H]2[C@H](OC(=O)c3ccccc3)[C@]3(O)C[C@H](OC(=O)C(O)C(NC(=O)c4ccccc4)c4ccccc4)C(C)=C([C@@H](OC(C)=O)C(=O)[C@]12C)C3(C)C. The van der Waals surface area contributed by atoms with Gasteiger partial charge in [0.05, 0.1) is 41.6 Å². The highest BCUT2D eigenvalue weighted by molar-refractivity contribution is 7.98. The van der Waals surface area contributed by atoms with Crippen molar-refractivity contribution in [3.05, 3.63) is 119 Å². The molecular weight excluding hydrogens is 859 g/mol. The number of aliphatic hydroxyl groups is 2. The van der Waals surface area contributed by atoms with Gasteiger partial charge in [0.25, 0.3) is 5.91 Å². The van der Waals surface area contributed by atoms with Gasteiger partial charge in [0.2, 0.25) is 0 Å². The predicted octanol–water partition coefficient (Wildman–Crippen LogP) is 5.08. The molecule has 3 aromatic carbocycles. The van der Waals surface area contributed by atoms with Crippen LogP contribution >= 0.6 is 11.8 Å². The summed E-state index contributed by atoms with van der Waals surface area (Å²) in [6, 6.07) is 23.2. The van der Waals surface area contributed by atoms with Crippen LogP contribution in [-0.4, -0.2) is 112 Å². The third-order valence-electron chi connectivity index (χ3n) is 13.8. The second-order valence-electron chi connectivity index (χ2n) is 17.9. The molecule has 0 spiro atoms. The maximum atomic E-state index is 15.9. The van der Waals surface area contributed by atoms with Crippen LogP contribution in [0.4, 0.5) is 0 Å². The van der Waals surface area contributed by atoms with E-state index < -0.39 is 113 Å². The molecule has 4 aliphatic rings. The number of ether oxygens (including phenoxy) is 6. The van der Waals surface area contributed by atoms with E-state index in [0.717, 1.165) is 6.92 Å². The first-order chi connectivity index (χ1) is 30.8. The summed E-state index contributed by atoms with van der Waals surface area (Å²) in [5.74, 6) is -6.28. The number of rotatable bonds is 13. The maximum absolute atomic E-state index is 15.9. The highest BCUT2D eigenvalue weighted by Crippen LogP contribution is 2.65. The van der Waals surface area contributed by atoms with Crippen molar-refractivity contribution < 1.29 is 67.4 Å². The van der Waals surface area contributed by atoms with Gasteiger partial charge in [-0.1, -0.05) is 80.6 Å². The summed E-state index contributed by atoms with van der Waals surface area (Å²) in [6.45, 7) is 8.45. The van der Waals surface area contributed by atoms with Gasteiger partial charge >= 0.3 is 23.9 Å². The Morgan fingerprint density at radius 1 is 0.862 bits per heavy atom. The third-order valence-corrected chi connectivity index (χ3v) is 14.2. The smallest absolute Gasteiger partial charge is 0.338 e. The minimum atomic E-state index is -2.34. The molecule has 3 fully saturated rings. The van der Waals surface area contributed by atoms with E-state index in [1.807, 2.05) is 0 Å². The van der Waals surface area contributed by atoms with Crippen LogP contribution in [0.25, 0.3) is 0 Å². The third kappa shape index (κ3) is 8.39. The molecule has 3 N–H and O–H groups in total. The van der Waals surface area contributed by atoms with Crippen molar-refractivity contribution in [3.63, 3.8) is 0 Å². The number of fused-ring (bicyclic) bond motifs is 5. The number of ketones is 1. The van der Waals surface area contributed by atoms with E-state index in [0.29, 0.717) is 5.56 Å². The van der Waals surface area contributed by atoms with Crippen molar-refractivity contribution in [2.24, 2.45) is 16.7 Å². The molecule has 1 aliphatic heterocycles. The van der Waals surface area contributed by atoms with Gasteiger partial charge in [-0.05, 0) is 61.1 Å². The Labute approximate surface area is 381 Å². The Kier molecular flexibility index (Phi) is 13.5. The fourth-order valence-electron chi connectivity index (χ4n) is 10.6. The molecule has 3 aromatic rings. The fourth-order valence-corrected chi connectivity index (χ4v) is 10.9. The zero-order valence-corrected chi connectivity index (χ0v) is 38.1. The van der Waals surface area contributed by atoms with Gasteiger partial charge in [0.1, 0.15) is 23.9 Å². The van der Waals surface area contributed by atoms with Gasteiger partial charge in [0.15, 0.2) is 23.6 Å². The molecule has 3 aliphatic carbocycles. The van der Waals surface area contributed by atoms with Crippen LogP contribution in [0.3, 0.4) is 0 Å². The molecule has 7 rings (SSSR count). The van der Waals surface area contributed by atoms with Gasteiger partial charge in [-0.25, -0.2) is 9.59 Å². The van der Waals surface area contributed by atoms with Gasteiger partial charge in [-0.3, -0.25) is 19.2 Å². The first kappa shape index (κ1) is 47.6. The van der Waals surface area contributed by atoms with Crippen LogP contribution in [0.2, 0.25) is 0 Å². The predicted molar refractivity (Wildman–Crippen MR) is 235 cm³/mol. The first-order valence-corrected chi connectivity index (χ1v) is 22.8. The Morgan fingerprint density at radius 3 is 2.02 bits per heavy atom. The van der Waals surface area contributed by atoms with Gasteiger partial charge in [-0.2, -0.15) is 0 Å². The monoisotopic (exact) mass is 913 g/mol. The number of aliphatic hydroxyl groups excluding tert-OH is 1. The Balaban J connectivity index is 1.41. The average molecular weight is 914 g/mol. The molecule has 1 heterocycles. The normalized spacial score (nSPS) is 30.9. The van der Waals surface area contributed by atoms with Crippen LogP contribution in [0.15, 0.2) is 102 Å². The number of hydrogen-bond donors (Lipinski definition) is 3. The molecule has 346 valence electrons. The van der Waals surface area contributed by atoms with E-state index in [1.54, 1.807) is 113 Å². The summed E-state index contributed by atoms with van der Waals surface area (Å²) in [6.07, 6.45) is -7.55. The zero-order valence-electron chi connectivity index (χ0n) is 37.3. The number of Topliss-reactive ketones (excluding diaryl/α,β-unsaturated/α-hetero) is 1. The highest BCUT2D eigenvalue weighted by Gasteiger charge is 2.78. The van der Waals surface area contributed by atoms with Crippen molar-refractivity contribution in [2.45, 2.75) is 108 Å². The molecule has 2 bridgehead atoms. The molecular formula is C49H55NO14S. The standard InChI is InChI=1S/C49H55NO14S/c1-27-33(62-45(57)38(53)37(30-17-11-8-12-18-30)50-43(55)31-19-13-9-14-20-31)24-49(58)42(63-44(56)32-21-15-10-16-22-32)40-47(6,41(54)39(61-28(2)51)36(27)46(49,4)5)34(60-26-65-7)23-35-48(40,25-59-35)64-29(3)52/h8-22,33-35,37-40,42,53,58H,23-26H2,1-7H3,(H,50,55)/t33-,34-,35+,37?,38?,39+,40-,42-,47+,48-,49+/m0/s1. The number of thioether (sulfide) groups is 1. The summed E-state index contributed by atoms with van der Waals surface area (Å²) < 4.78 is 37.5. The Morgan fingerprint density at radius 2 is 1.46 bits per heavy atom. The van der Waals surface area contributed by atoms with Crippen molar-refractivity contribution in [1.29, 1.82) is 0 Å². The minimum absolute atomic E-state index is 0.0418. The maximum Gasteiger partial charge on any atom is 0.338 e. The molecule has 0 aromatic heterocycles. The topological polar surface area (TPSA) is 210 Å². The van der Waals surface area contributed by atoms with Crippen LogP contribution in [0.5, 0.6) is 0 Å². The lowest BCUT2D eigenvalue weighted by atomic mass is 9.44. The van der Waals surface area contributed by atoms with Crippen molar-refractivity contribution in [2.75, 3.05) is 18.8 Å². The second kappa shape index (κ2) is 18.5. The van der Waals surface area contributed by atoms with E-state index in [-0.39, 0.29) is 41.2 Å². The van der Waals surface area contributed by atoms with Crippen molar-refractivity contribution in [3.8, 4) is 0 Å². The molecule has 16 heteroatoms.